The molecule has 0 saturated heterocycles. The van der Waals surface area contributed by atoms with E-state index in [-0.39, 0.29) is 64.6 Å². The summed E-state index contributed by atoms with van der Waals surface area (Å²) in [6.45, 7) is 0.818. The van der Waals surface area contributed by atoms with Gasteiger partial charge in [0, 0.05) is 88.5 Å². The van der Waals surface area contributed by atoms with Crippen LogP contribution in [0.3, 0.4) is 0 Å². The van der Waals surface area contributed by atoms with E-state index in [1.807, 2.05) is 0 Å². The number of hydrazine groups is 1. The Labute approximate surface area is 335 Å². The van der Waals surface area contributed by atoms with Crippen LogP contribution >= 0.6 is 34.5 Å². The lowest BCUT2D eigenvalue weighted by Crippen LogP contribution is -2.48. The number of hydrogen-bond acceptors (Lipinski definition) is 9. The number of nitrogens with two attached hydrogens (primary N) is 1. The third kappa shape index (κ3) is 10.0. The van der Waals surface area contributed by atoms with Gasteiger partial charge in [-0.15, -0.1) is 34.5 Å². The summed E-state index contributed by atoms with van der Waals surface area (Å²) in [6.07, 6.45) is 4.94. The fourth-order valence-electron chi connectivity index (χ4n) is 5.57. The van der Waals surface area contributed by atoms with Crippen molar-refractivity contribution in [2.75, 3.05) is 52.4 Å². The predicted molar refractivity (Wildman–Crippen MR) is 217 cm³/mol. The van der Waals surface area contributed by atoms with Crippen LogP contribution in [0.2, 0.25) is 0 Å². The molecule has 4 heterocycles. The molecule has 0 saturated carbocycles. The molecule has 0 spiro atoms. The van der Waals surface area contributed by atoms with Crippen molar-refractivity contribution < 1.29 is 24.0 Å². The molecule has 294 valence electrons. The fraction of sp³-hybridized carbons (Fsp3) is 0.250. The third-order valence-electron chi connectivity index (χ3n) is 8.25. The average Bonchev–Trinajstić information content (AvgIpc) is 3.95. The maximum absolute atomic E-state index is 13.6. The molecule has 1 aromatic carbocycles. The number of hydrogen-bond donors (Lipinski definition) is 6. The molecule has 5 aromatic rings. The van der Waals surface area contributed by atoms with Crippen molar-refractivity contribution in [3.8, 4) is 0 Å². The van der Waals surface area contributed by atoms with Crippen molar-refractivity contribution >= 4 is 92.1 Å². The Balaban J connectivity index is 1.23. The van der Waals surface area contributed by atoms with Crippen LogP contribution in [-0.4, -0.2) is 90.5 Å². The average molecular weight is 824 g/mol. The van der Waals surface area contributed by atoms with Crippen molar-refractivity contribution in [3.63, 3.8) is 0 Å². The van der Waals surface area contributed by atoms with E-state index in [0.717, 1.165) is 11.3 Å². The van der Waals surface area contributed by atoms with Gasteiger partial charge in [-0.1, -0.05) is 18.2 Å². The van der Waals surface area contributed by atoms with E-state index in [9.17, 15) is 24.0 Å². The van der Waals surface area contributed by atoms with Crippen molar-refractivity contribution in [2.45, 2.75) is 6.42 Å². The minimum Gasteiger partial charge on any atom is -0.388 e. The van der Waals surface area contributed by atoms with E-state index < -0.39 is 17.7 Å². The maximum atomic E-state index is 13.6. The maximum Gasteiger partial charge on any atom is 0.275 e. The van der Waals surface area contributed by atoms with Crippen LogP contribution in [0.25, 0.3) is 0 Å². The lowest BCUT2D eigenvalue weighted by Gasteiger charge is -2.32. The zero-order chi connectivity index (χ0) is 40.5. The summed E-state index contributed by atoms with van der Waals surface area (Å²) in [6, 6.07) is 13.2. The first-order valence-corrected chi connectivity index (χ1v) is 19.0. The highest BCUT2D eigenvalue weighted by Crippen LogP contribution is 2.26. The van der Waals surface area contributed by atoms with E-state index in [2.05, 4.69) is 26.3 Å². The first-order chi connectivity index (χ1) is 26.8. The van der Waals surface area contributed by atoms with Gasteiger partial charge in [-0.25, -0.2) is 15.0 Å². The molecule has 0 aliphatic heterocycles. The Kier molecular flexibility index (Phi) is 13.7. The van der Waals surface area contributed by atoms with Crippen molar-refractivity contribution in [3.05, 3.63) is 101 Å². The van der Waals surface area contributed by atoms with Crippen LogP contribution in [0.5, 0.6) is 0 Å². The van der Waals surface area contributed by atoms with Gasteiger partial charge in [0.15, 0.2) is 0 Å². The number of anilines is 4. The Morgan fingerprint density at radius 1 is 0.768 bits per heavy atom. The van der Waals surface area contributed by atoms with Gasteiger partial charge in [0.1, 0.15) is 22.8 Å². The number of aryl methyl sites for hydroxylation is 3. The SMILES string of the molecule is Cn1cc(NC(=O)c2cc(NC(=O)c3cc(NC(=O)c4csc(N(C(=O)c5ccccc5)N(CCCl)CCCl)n4)cn3C)cn2C)cc1C(=O)NCCC(=N)N. The summed E-state index contributed by atoms with van der Waals surface area (Å²) in [4.78, 5) is 70.5. The molecule has 0 fully saturated rings. The molecule has 0 bridgehead atoms. The minimum absolute atomic E-state index is 0.0411. The fourth-order valence-corrected chi connectivity index (χ4v) is 6.79. The first-order valence-electron chi connectivity index (χ1n) is 17.1. The Bertz CT molecular complexity index is 2240. The minimum atomic E-state index is -0.559. The van der Waals surface area contributed by atoms with Crippen LogP contribution < -0.4 is 32.0 Å². The predicted octanol–water partition coefficient (Wildman–Crippen LogP) is 4.31. The highest BCUT2D eigenvalue weighted by atomic mass is 35.5. The standard InChI is InChI=1S/C36H40Cl2N12O5S/c1-46-19-24(15-27(46)32(52)41-12-9-30(39)40)43-34(54)29-17-25(20-48(29)3)44-33(53)28-16-23(18-47(28)2)42-31(51)26-21-56-36(45-26)50(49(13-10-37)14-11-38)35(55)22-7-5-4-6-8-22/h4-8,15-21H,9-14H2,1-3H3,(H3,39,40)(H,41,52)(H,42,51)(H,43,54)(H,44,53). The van der Waals surface area contributed by atoms with Crippen molar-refractivity contribution in [1.29, 1.82) is 5.41 Å². The van der Waals surface area contributed by atoms with Gasteiger partial charge in [0.25, 0.3) is 29.5 Å². The number of halogens is 2. The molecule has 0 atom stereocenters. The molecule has 4 aromatic heterocycles. The first kappa shape index (κ1) is 41.2. The van der Waals surface area contributed by atoms with E-state index >= 15 is 0 Å². The van der Waals surface area contributed by atoms with Gasteiger partial charge in [-0.2, -0.15) is 0 Å². The van der Waals surface area contributed by atoms with Crippen LogP contribution in [0.4, 0.5) is 22.2 Å². The highest BCUT2D eigenvalue weighted by Gasteiger charge is 2.28. The van der Waals surface area contributed by atoms with Crippen LogP contribution in [-0.2, 0) is 21.1 Å². The molecule has 20 heteroatoms. The van der Waals surface area contributed by atoms with Crippen LogP contribution in [0.15, 0.2) is 72.5 Å². The molecule has 0 aliphatic carbocycles. The van der Waals surface area contributed by atoms with E-state index in [0.29, 0.717) is 41.4 Å². The van der Waals surface area contributed by atoms with Gasteiger partial charge in [-0.3, -0.25) is 29.4 Å². The van der Waals surface area contributed by atoms with Crippen molar-refractivity contribution in [2.24, 2.45) is 26.9 Å². The van der Waals surface area contributed by atoms with Gasteiger partial charge in [-0.05, 0) is 30.3 Å². The van der Waals surface area contributed by atoms with Gasteiger partial charge in [0.05, 0.1) is 22.9 Å². The molecule has 5 amide bonds. The topological polar surface area (TPSA) is 218 Å². The summed E-state index contributed by atoms with van der Waals surface area (Å²) in [5, 5.41) is 23.1. The monoisotopic (exact) mass is 822 g/mol. The Morgan fingerprint density at radius 2 is 1.25 bits per heavy atom. The number of benzene rings is 1. The molecule has 0 aliphatic rings. The highest BCUT2D eigenvalue weighted by molar-refractivity contribution is 7.14. The second-order valence-corrected chi connectivity index (χ2v) is 14.0. The lowest BCUT2D eigenvalue weighted by molar-refractivity contribution is 0.0900. The molecule has 7 N–H and O–H groups in total. The van der Waals surface area contributed by atoms with E-state index in [1.165, 1.54) is 33.2 Å². The third-order valence-corrected chi connectivity index (χ3v) is 9.41. The second kappa shape index (κ2) is 18.6. The summed E-state index contributed by atoms with van der Waals surface area (Å²) < 4.78 is 4.64. The normalized spacial score (nSPS) is 11.0. The van der Waals surface area contributed by atoms with Gasteiger partial charge in [0.2, 0.25) is 5.13 Å². The molecule has 56 heavy (non-hydrogen) atoms. The smallest absolute Gasteiger partial charge is 0.275 e. The number of carbonyl (C=O) groups is 5. The number of thiazole rings is 1. The number of nitrogens with zero attached hydrogens (tertiary/aromatic N) is 6. The number of alkyl halides is 2. The van der Waals surface area contributed by atoms with Crippen molar-refractivity contribution in [1.82, 2.24) is 29.0 Å². The molecule has 0 radical (unpaired) electrons. The molecule has 17 nitrogen and oxygen atoms in total. The Hall–Kier alpha value is -5.95. The summed E-state index contributed by atoms with van der Waals surface area (Å²) >= 11 is 13.2. The summed E-state index contributed by atoms with van der Waals surface area (Å²) in [5.41, 5.74) is 7.60. The number of nitrogens with one attached hydrogen (secondary N) is 5. The van der Waals surface area contributed by atoms with Gasteiger partial charge >= 0.3 is 0 Å². The molecule has 0 unspecified atom stereocenters. The molecule has 5 rings (SSSR count). The largest absolute Gasteiger partial charge is 0.388 e. The van der Waals surface area contributed by atoms with E-state index in [4.69, 9.17) is 34.3 Å². The van der Waals surface area contributed by atoms with Crippen LogP contribution in [0, 0.1) is 5.41 Å². The molecular formula is C36H40Cl2N12O5S. The number of rotatable bonds is 17. The number of carbonyl (C=O) groups excluding carboxylic acids is 5. The van der Waals surface area contributed by atoms with Gasteiger partial charge < -0.3 is 40.7 Å². The quantitative estimate of drug-likeness (QED) is 0.0343. The van der Waals surface area contributed by atoms with E-state index in [1.54, 1.807) is 84.2 Å². The number of amidine groups is 1. The summed E-state index contributed by atoms with van der Waals surface area (Å²) in [7, 11) is 4.95. The lowest BCUT2D eigenvalue weighted by atomic mass is 10.2. The zero-order valence-corrected chi connectivity index (χ0v) is 33.0. The Morgan fingerprint density at radius 3 is 1.73 bits per heavy atom. The van der Waals surface area contributed by atoms with Crippen LogP contribution in [0.1, 0.15) is 58.7 Å². The second-order valence-electron chi connectivity index (χ2n) is 12.4. The molecular weight excluding hydrogens is 783 g/mol. The summed E-state index contributed by atoms with van der Waals surface area (Å²) in [5.74, 6) is -1.87. The zero-order valence-electron chi connectivity index (χ0n) is 30.6. The number of aromatic nitrogens is 4. The number of amides is 5.